The van der Waals surface area contributed by atoms with E-state index in [1.165, 1.54) is 30.4 Å². The molecule has 0 fully saturated rings. The second-order valence-electron chi connectivity index (χ2n) is 9.40. The summed E-state index contributed by atoms with van der Waals surface area (Å²) in [5.74, 6) is -0.150. The Labute approximate surface area is 184 Å². The van der Waals surface area contributed by atoms with Crippen LogP contribution in [0.2, 0.25) is 0 Å². The number of hydrogen-bond acceptors (Lipinski definition) is 3. The van der Waals surface area contributed by atoms with Crippen LogP contribution in [0.1, 0.15) is 89.5 Å². The lowest BCUT2D eigenvalue weighted by Gasteiger charge is -2.20. The first-order chi connectivity index (χ1) is 14.2. The molecule has 1 unspecified atom stereocenters. The maximum atomic E-state index is 11.2. The first kappa shape index (κ1) is 26.2. The summed E-state index contributed by atoms with van der Waals surface area (Å²) in [6.07, 6.45) is 17.4. The van der Waals surface area contributed by atoms with E-state index >= 15 is 0 Å². The molecule has 0 bridgehead atoms. The molecule has 0 aliphatic rings. The summed E-state index contributed by atoms with van der Waals surface area (Å²) in [4.78, 5) is 11.2. The molecule has 4 heteroatoms. The number of aliphatic hydroxyl groups excluding tert-OH is 1. The predicted octanol–water partition coefficient (Wildman–Crippen LogP) is 6.24. The molecule has 1 aromatic rings. The quantitative estimate of drug-likeness (QED) is 0.235. The first-order valence-electron chi connectivity index (χ1n) is 11.4. The van der Waals surface area contributed by atoms with Crippen LogP contribution in [0.15, 0.2) is 24.4 Å². The molecule has 1 heterocycles. The predicted molar refractivity (Wildman–Crippen MR) is 127 cm³/mol. The van der Waals surface area contributed by atoms with Crippen molar-refractivity contribution >= 4 is 12.0 Å². The fourth-order valence-electron chi connectivity index (χ4n) is 3.51. The second kappa shape index (κ2) is 13.5. The number of allylic oxidation sites excluding steroid dienone is 2. The number of esters is 1. The first-order valence-corrected chi connectivity index (χ1v) is 11.4. The molecule has 170 valence electrons. The molecular weight excluding hydrogens is 374 g/mol. The minimum absolute atomic E-state index is 0.150. The third kappa shape index (κ3) is 10.3. The van der Waals surface area contributed by atoms with Crippen LogP contribution in [0.3, 0.4) is 0 Å². The van der Waals surface area contributed by atoms with Gasteiger partial charge in [-0.15, -0.1) is 0 Å². The smallest absolute Gasteiger partial charge is 0.305 e. The largest absolute Gasteiger partial charge is 0.469 e. The Morgan fingerprint density at radius 1 is 1.23 bits per heavy atom. The minimum Gasteiger partial charge on any atom is -0.469 e. The van der Waals surface area contributed by atoms with Crippen molar-refractivity contribution in [2.75, 3.05) is 7.11 Å². The van der Waals surface area contributed by atoms with Crippen molar-refractivity contribution in [3.8, 4) is 0 Å². The fraction of sp³-hybridized carbons (Fsp3) is 0.654. The van der Waals surface area contributed by atoms with Crippen molar-refractivity contribution in [2.45, 2.75) is 98.6 Å². The van der Waals surface area contributed by atoms with Crippen LogP contribution in [0.4, 0.5) is 0 Å². The molecule has 30 heavy (non-hydrogen) atoms. The fourth-order valence-corrected chi connectivity index (χ4v) is 3.51. The molecule has 1 aromatic heterocycles. The second-order valence-corrected chi connectivity index (χ2v) is 9.40. The van der Waals surface area contributed by atoms with Gasteiger partial charge in [0.15, 0.2) is 0 Å². The number of ether oxygens (including phenoxy) is 1. The van der Waals surface area contributed by atoms with Crippen molar-refractivity contribution in [2.24, 2.45) is 5.41 Å². The van der Waals surface area contributed by atoms with Gasteiger partial charge in [-0.05, 0) is 49.1 Å². The summed E-state index contributed by atoms with van der Waals surface area (Å²) in [6.45, 7) is 12.1. The molecule has 1 N–H and O–H groups in total. The normalized spacial score (nSPS) is 13.4. The van der Waals surface area contributed by atoms with Crippen LogP contribution < -0.4 is 0 Å². The van der Waals surface area contributed by atoms with E-state index in [2.05, 4.69) is 68.3 Å². The van der Waals surface area contributed by atoms with Crippen LogP contribution >= 0.6 is 0 Å². The van der Waals surface area contributed by atoms with Crippen molar-refractivity contribution in [3.63, 3.8) is 0 Å². The van der Waals surface area contributed by atoms with Gasteiger partial charge in [0.2, 0.25) is 0 Å². The van der Waals surface area contributed by atoms with Gasteiger partial charge in [0, 0.05) is 24.9 Å². The highest BCUT2D eigenvalue weighted by atomic mass is 16.5. The van der Waals surface area contributed by atoms with Crippen LogP contribution in [0.5, 0.6) is 0 Å². The third-order valence-corrected chi connectivity index (χ3v) is 5.23. The van der Waals surface area contributed by atoms with Crippen LogP contribution in [0.25, 0.3) is 6.08 Å². The summed E-state index contributed by atoms with van der Waals surface area (Å²) in [5, 5.41) is 10.3. The molecule has 0 amide bonds. The monoisotopic (exact) mass is 417 g/mol. The maximum absolute atomic E-state index is 11.2. The number of nitrogens with zero attached hydrogens (tertiary/aromatic N) is 1. The number of rotatable bonds is 13. The molecule has 0 aliphatic heterocycles. The Bertz CT molecular complexity index is 692. The van der Waals surface area contributed by atoms with E-state index in [1.807, 2.05) is 6.08 Å². The molecule has 0 saturated carbocycles. The lowest BCUT2D eigenvalue weighted by atomic mass is 9.97. The number of carbonyl (C=O) groups excluding carboxylic acids is 1. The van der Waals surface area contributed by atoms with E-state index in [-0.39, 0.29) is 17.5 Å². The molecule has 0 radical (unpaired) electrons. The van der Waals surface area contributed by atoms with Gasteiger partial charge in [-0.2, -0.15) is 0 Å². The van der Waals surface area contributed by atoms with E-state index in [4.69, 9.17) is 0 Å². The third-order valence-electron chi connectivity index (χ3n) is 5.23. The van der Waals surface area contributed by atoms with Crippen molar-refractivity contribution in [1.82, 2.24) is 4.57 Å². The minimum atomic E-state index is -0.385. The molecule has 0 aromatic carbocycles. The number of methoxy groups -OCH3 is 1. The lowest BCUT2D eigenvalue weighted by Crippen LogP contribution is -2.15. The Morgan fingerprint density at radius 3 is 2.60 bits per heavy atom. The number of hydrogen-bond donors (Lipinski definition) is 1. The summed E-state index contributed by atoms with van der Waals surface area (Å²) in [7, 11) is 1.43. The highest BCUT2D eigenvalue weighted by Gasteiger charge is 2.16. The maximum Gasteiger partial charge on any atom is 0.305 e. The number of aliphatic hydroxyl groups is 1. The number of carbonyl (C=O) groups is 1. The van der Waals surface area contributed by atoms with Gasteiger partial charge in [-0.1, -0.05) is 71.3 Å². The van der Waals surface area contributed by atoms with Crippen LogP contribution in [-0.4, -0.2) is 28.9 Å². The number of unbranched alkanes of at least 4 members (excludes halogenated alkanes) is 3. The van der Waals surface area contributed by atoms with Crippen molar-refractivity contribution in [1.29, 1.82) is 0 Å². The Kier molecular flexibility index (Phi) is 11.8. The molecule has 1 rings (SSSR count). The molecule has 0 spiro atoms. The lowest BCUT2D eigenvalue weighted by molar-refractivity contribution is -0.140. The molecule has 0 aliphatic carbocycles. The van der Waals surface area contributed by atoms with Gasteiger partial charge in [-0.25, -0.2) is 0 Å². The molecule has 0 saturated heterocycles. The van der Waals surface area contributed by atoms with E-state index in [0.29, 0.717) is 6.42 Å². The summed E-state index contributed by atoms with van der Waals surface area (Å²) in [6, 6.07) is 0. The Hall–Kier alpha value is -1.81. The van der Waals surface area contributed by atoms with E-state index in [0.717, 1.165) is 45.1 Å². The number of aromatic nitrogens is 1. The van der Waals surface area contributed by atoms with E-state index < -0.39 is 0 Å². The van der Waals surface area contributed by atoms with E-state index in [9.17, 15) is 9.90 Å². The highest BCUT2D eigenvalue weighted by Crippen LogP contribution is 2.25. The van der Waals surface area contributed by atoms with Gasteiger partial charge < -0.3 is 14.4 Å². The molecule has 1 atom stereocenters. The van der Waals surface area contributed by atoms with Gasteiger partial charge in [0.1, 0.15) is 0 Å². The van der Waals surface area contributed by atoms with E-state index in [1.54, 1.807) is 0 Å². The van der Waals surface area contributed by atoms with Gasteiger partial charge in [0.25, 0.3) is 0 Å². The standard InChI is InChI=1S/C26H43NO3/c1-7-8-11-14-23(28)18-17-22-19-27(20-26(3,4)5)21(2)24(22)15-12-9-10-13-16-25(29)30-6/h9,12,17-19,23,28H,7-8,10-11,13-16,20H2,1-6H3. The zero-order chi connectivity index (χ0) is 22.6. The van der Waals surface area contributed by atoms with Crippen LogP contribution in [-0.2, 0) is 22.5 Å². The Morgan fingerprint density at radius 2 is 1.97 bits per heavy atom. The zero-order valence-electron chi connectivity index (χ0n) is 20.0. The van der Waals surface area contributed by atoms with Gasteiger partial charge in [-0.3, -0.25) is 4.79 Å². The van der Waals surface area contributed by atoms with Gasteiger partial charge >= 0.3 is 5.97 Å². The highest BCUT2D eigenvalue weighted by molar-refractivity contribution is 5.69. The average molecular weight is 418 g/mol. The SMILES string of the molecule is CCCCCC(O)C=Cc1cn(CC(C)(C)C)c(C)c1CC=CCCCC(=O)OC. The van der Waals surface area contributed by atoms with Crippen molar-refractivity contribution in [3.05, 3.63) is 41.2 Å². The Balaban J connectivity index is 2.86. The average Bonchev–Trinajstić information content (AvgIpc) is 2.96. The molecule has 4 nitrogen and oxygen atoms in total. The summed E-state index contributed by atoms with van der Waals surface area (Å²) >= 11 is 0. The summed E-state index contributed by atoms with van der Waals surface area (Å²) < 4.78 is 7.02. The van der Waals surface area contributed by atoms with Crippen molar-refractivity contribution < 1.29 is 14.6 Å². The van der Waals surface area contributed by atoms with Gasteiger partial charge in [0.05, 0.1) is 13.2 Å². The zero-order valence-corrected chi connectivity index (χ0v) is 20.0. The summed E-state index contributed by atoms with van der Waals surface area (Å²) in [5.41, 5.74) is 3.97. The van der Waals surface area contributed by atoms with Crippen LogP contribution in [0, 0.1) is 12.3 Å². The molecular formula is C26H43NO3. The topological polar surface area (TPSA) is 51.5 Å².